The van der Waals surface area contributed by atoms with Gasteiger partial charge in [0, 0.05) is 28.6 Å². The zero-order valence-corrected chi connectivity index (χ0v) is 28.0. The summed E-state index contributed by atoms with van der Waals surface area (Å²) in [5, 5.41) is 12.2. The van der Waals surface area contributed by atoms with Crippen LogP contribution in [0.25, 0.3) is 5.57 Å². The Balaban J connectivity index is 1.03. The predicted octanol–water partition coefficient (Wildman–Crippen LogP) is 7.17. The van der Waals surface area contributed by atoms with E-state index < -0.39 is 18.6 Å². The number of ether oxygens (including phenoxy) is 1. The molecule has 51 heavy (non-hydrogen) atoms. The van der Waals surface area contributed by atoms with Crippen molar-refractivity contribution in [2.24, 2.45) is 16.8 Å². The number of fused-ring (bicyclic) bond motifs is 2. The van der Waals surface area contributed by atoms with Crippen molar-refractivity contribution in [3.63, 3.8) is 0 Å². The number of benzene rings is 3. The van der Waals surface area contributed by atoms with Crippen LogP contribution in [0.4, 0.5) is 13.2 Å². The summed E-state index contributed by atoms with van der Waals surface area (Å²) < 4.78 is 44.4. The SMILES string of the molecule is CC1=CC(CC2CCN(C(c3ccccc3)c3ccc(Oc4ccc(C#N)cn4)cc3)CC2)C=C2N=c3cccc(C(=O)NCC(F)(F)F)c3=C12. The van der Waals surface area contributed by atoms with Gasteiger partial charge in [0.1, 0.15) is 18.4 Å². The Bertz CT molecular complexity index is 2150. The highest BCUT2D eigenvalue weighted by Gasteiger charge is 2.31. The number of amides is 1. The fraction of sp³-hybridized carbons (Fsp3) is 0.268. The number of nitrogens with one attached hydrogen (secondary N) is 1. The summed E-state index contributed by atoms with van der Waals surface area (Å²) >= 11 is 0. The maximum atomic E-state index is 12.8. The Morgan fingerprint density at radius 2 is 1.73 bits per heavy atom. The van der Waals surface area contributed by atoms with Gasteiger partial charge in [0.25, 0.3) is 5.91 Å². The summed E-state index contributed by atoms with van der Waals surface area (Å²) in [5.74, 6) is 1.02. The lowest BCUT2D eigenvalue weighted by Crippen LogP contribution is -2.39. The van der Waals surface area contributed by atoms with Crippen molar-refractivity contribution in [2.75, 3.05) is 19.6 Å². The van der Waals surface area contributed by atoms with Gasteiger partial charge >= 0.3 is 6.18 Å². The van der Waals surface area contributed by atoms with Gasteiger partial charge in [-0.15, -0.1) is 0 Å². The van der Waals surface area contributed by atoms with E-state index in [1.54, 1.807) is 30.3 Å². The number of halogens is 3. The number of hydrogen-bond donors (Lipinski definition) is 1. The van der Waals surface area contributed by atoms with Gasteiger partial charge < -0.3 is 10.1 Å². The smallest absolute Gasteiger partial charge is 0.405 e. The fourth-order valence-electron chi connectivity index (χ4n) is 7.41. The molecule has 3 heterocycles. The summed E-state index contributed by atoms with van der Waals surface area (Å²) in [4.78, 5) is 24.4. The summed E-state index contributed by atoms with van der Waals surface area (Å²) in [5.41, 5.74) is 5.68. The number of piperidine rings is 1. The number of likely N-dealkylation sites (tertiary alicyclic amines) is 1. The molecule has 1 amide bonds. The molecule has 3 aromatic carbocycles. The van der Waals surface area contributed by atoms with Gasteiger partial charge in [0.15, 0.2) is 0 Å². The van der Waals surface area contributed by atoms with Gasteiger partial charge in [-0.1, -0.05) is 60.7 Å². The van der Waals surface area contributed by atoms with E-state index >= 15 is 0 Å². The van der Waals surface area contributed by atoms with Gasteiger partial charge in [-0.2, -0.15) is 18.4 Å². The second-order valence-corrected chi connectivity index (χ2v) is 13.2. The van der Waals surface area contributed by atoms with Crippen LogP contribution < -0.4 is 20.6 Å². The molecule has 1 aliphatic carbocycles. The molecule has 258 valence electrons. The number of rotatable bonds is 9. The molecule has 0 spiro atoms. The molecule has 2 unspecified atom stereocenters. The van der Waals surface area contributed by atoms with E-state index in [0.717, 1.165) is 49.2 Å². The molecule has 2 atom stereocenters. The van der Waals surface area contributed by atoms with Gasteiger partial charge in [-0.05, 0) is 98.1 Å². The molecule has 0 saturated carbocycles. The molecule has 4 aromatic rings. The van der Waals surface area contributed by atoms with Crippen molar-refractivity contribution in [3.8, 4) is 17.7 Å². The zero-order chi connectivity index (χ0) is 35.5. The molecule has 0 radical (unpaired) electrons. The molecule has 1 saturated heterocycles. The molecule has 1 fully saturated rings. The third-order valence-electron chi connectivity index (χ3n) is 9.73. The first-order valence-corrected chi connectivity index (χ1v) is 17.1. The minimum absolute atomic E-state index is 0.0867. The topological polar surface area (TPSA) is 90.6 Å². The van der Waals surface area contributed by atoms with Crippen LogP contribution in [-0.4, -0.2) is 41.6 Å². The molecule has 1 aromatic heterocycles. The third-order valence-corrected chi connectivity index (χ3v) is 9.73. The Morgan fingerprint density at radius 3 is 2.41 bits per heavy atom. The highest BCUT2D eigenvalue weighted by molar-refractivity contribution is 5.97. The Hall–Kier alpha value is -5.53. The highest BCUT2D eigenvalue weighted by Crippen LogP contribution is 2.38. The normalized spacial score (nSPS) is 18.0. The number of pyridine rings is 1. The van der Waals surface area contributed by atoms with Gasteiger partial charge in [0.05, 0.1) is 22.7 Å². The molecule has 7 nitrogen and oxygen atoms in total. The highest BCUT2D eigenvalue weighted by atomic mass is 19.4. The molecule has 10 heteroatoms. The van der Waals surface area contributed by atoms with Gasteiger partial charge in [0.2, 0.25) is 5.88 Å². The number of alkyl halides is 3. The first-order valence-electron chi connectivity index (χ1n) is 17.1. The Morgan fingerprint density at radius 1 is 0.980 bits per heavy atom. The first kappa shape index (κ1) is 33.9. The standard InChI is InChI=1S/C41H36F3N5O2/c1-26-20-29(22-35-37(26)38-33(8-5-9-34(38)48-35)40(50)47-25-41(42,43)44)21-27-16-18-49(19-17-27)39(30-6-3-2-4-7-30)31-11-13-32(14-12-31)51-36-15-10-28(23-45)24-46-36/h2-15,20,22,24,27,29,39H,16-19,21,25H2,1H3,(H,47,50). The van der Waals surface area contributed by atoms with Crippen molar-refractivity contribution in [2.45, 2.75) is 38.4 Å². The van der Waals surface area contributed by atoms with Crippen LogP contribution in [0.1, 0.15) is 59.3 Å². The summed E-state index contributed by atoms with van der Waals surface area (Å²) in [6.45, 7) is 2.49. The molecule has 1 N–H and O–H groups in total. The lowest BCUT2D eigenvalue weighted by molar-refractivity contribution is -0.123. The average molecular weight is 688 g/mol. The van der Waals surface area contributed by atoms with Crippen LogP contribution in [0.2, 0.25) is 0 Å². The lowest BCUT2D eigenvalue weighted by Gasteiger charge is -2.39. The predicted molar refractivity (Wildman–Crippen MR) is 187 cm³/mol. The Kier molecular flexibility index (Phi) is 9.56. The van der Waals surface area contributed by atoms with E-state index in [4.69, 9.17) is 15.0 Å². The van der Waals surface area contributed by atoms with E-state index in [0.29, 0.717) is 33.7 Å². The van der Waals surface area contributed by atoms with E-state index in [-0.39, 0.29) is 17.5 Å². The minimum Gasteiger partial charge on any atom is -0.439 e. The third kappa shape index (κ3) is 7.64. The summed E-state index contributed by atoms with van der Waals surface area (Å²) in [6.07, 6.45) is 4.41. The van der Waals surface area contributed by atoms with E-state index in [9.17, 15) is 18.0 Å². The van der Waals surface area contributed by atoms with Crippen LogP contribution in [0.15, 0.2) is 120 Å². The average Bonchev–Trinajstić information content (AvgIpc) is 3.52. The second kappa shape index (κ2) is 14.4. The second-order valence-electron chi connectivity index (χ2n) is 13.2. The van der Waals surface area contributed by atoms with Crippen LogP contribution in [0, 0.1) is 23.2 Å². The van der Waals surface area contributed by atoms with Crippen molar-refractivity contribution >= 4 is 11.5 Å². The molecular formula is C41H36F3N5O2. The fourth-order valence-corrected chi connectivity index (χ4v) is 7.41. The number of aromatic nitrogens is 1. The van der Waals surface area contributed by atoms with Crippen LogP contribution in [0.3, 0.4) is 0 Å². The van der Waals surface area contributed by atoms with Crippen LogP contribution >= 0.6 is 0 Å². The van der Waals surface area contributed by atoms with Crippen molar-refractivity contribution < 1.29 is 22.7 Å². The van der Waals surface area contributed by atoms with E-state index in [1.807, 2.05) is 30.4 Å². The molecular weight excluding hydrogens is 651 g/mol. The quantitative estimate of drug-likeness (QED) is 0.202. The Labute approximate surface area is 294 Å². The van der Waals surface area contributed by atoms with Crippen molar-refractivity contribution in [1.29, 1.82) is 5.26 Å². The zero-order valence-electron chi connectivity index (χ0n) is 28.0. The van der Waals surface area contributed by atoms with Crippen LogP contribution in [0.5, 0.6) is 11.6 Å². The lowest BCUT2D eigenvalue weighted by atomic mass is 9.81. The first-order chi connectivity index (χ1) is 24.6. The van der Waals surface area contributed by atoms with Crippen molar-refractivity contribution in [3.05, 3.63) is 147 Å². The number of carbonyl (C=O) groups is 1. The maximum Gasteiger partial charge on any atom is 0.405 e. The number of carbonyl (C=O) groups excluding carboxylic acids is 1. The summed E-state index contributed by atoms with van der Waals surface area (Å²) in [6, 6.07) is 29.2. The monoisotopic (exact) mass is 687 g/mol. The minimum atomic E-state index is -4.49. The van der Waals surface area contributed by atoms with E-state index in [1.165, 1.54) is 17.3 Å². The molecule has 2 aliphatic heterocycles. The van der Waals surface area contributed by atoms with Gasteiger partial charge in [-0.25, -0.2) is 9.98 Å². The molecule has 3 aliphatic rings. The molecule has 0 bridgehead atoms. The largest absolute Gasteiger partial charge is 0.439 e. The van der Waals surface area contributed by atoms with Crippen LogP contribution in [-0.2, 0) is 0 Å². The van der Waals surface area contributed by atoms with Gasteiger partial charge in [-0.3, -0.25) is 9.69 Å². The number of nitrogens with zero attached hydrogens (tertiary/aromatic N) is 4. The number of nitriles is 1. The summed E-state index contributed by atoms with van der Waals surface area (Å²) in [7, 11) is 0. The van der Waals surface area contributed by atoms with E-state index in [2.05, 4.69) is 64.5 Å². The van der Waals surface area contributed by atoms with Crippen molar-refractivity contribution in [1.82, 2.24) is 15.2 Å². The number of allylic oxidation sites excluding steroid dienone is 3. The molecule has 7 rings (SSSR count). The maximum absolute atomic E-state index is 12.8. The number of hydrogen-bond acceptors (Lipinski definition) is 6.